The van der Waals surface area contributed by atoms with Crippen molar-refractivity contribution in [2.24, 2.45) is 0 Å². The maximum atomic E-state index is 12.6. The molecule has 2 rings (SSSR count). The summed E-state index contributed by atoms with van der Waals surface area (Å²) < 4.78 is 26.8. The molecule has 0 spiro atoms. The van der Waals surface area contributed by atoms with Crippen molar-refractivity contribution in [2.75, 3.05) is 6.54 Å². The van der Waals surface area contributed by atoms with Crippen LogP contribution >= 0.6 is 0 Å². The molecule has 1 heterocycles. The van der Waals surface area contributed by atoms with Crippen LogP contribution in [0.1, 0.15) is 43.7 Å². The van der Waals surface area contributed by atoms with Crippen molar-refractivity contribution in [3.05, 3.63) is 35.4 Å². The van der Waals surface area contributed by atoms with Crippen LogP contribution in [0.2, 0.25) is 0 Å². The van der Waals surface area contributed by atoms with Crippen LogP contribution < -0.4 is 0 Å². The van der Waals surface area contributed by atoms with Crippen molar-refractivity contribution >= 4 is 10.0 Å². The maximum absolute atomic E-state index is 12.6. The van der Waals surface area contributed by atoms with Gasteiger partial charge < -0.3 is 5.11 Å². The third-order valence-electron chi connectivity index (χ3n) is 3.96. The SMILES string of the molecule is CCC1CCCCN1S(=O)(=O)Cc1ccc(CO)cc1. The lowest BCUT2D eigenvalue weighted by Gasteiger charge is -2.34. The van der Waals surface area contributed by atoms with Crippen LogP contribution in [0.3, 0.4) is 0 Å². The highest BCUT2D eigenvalue weighted by Gasteiger charge is 2.30. The van der Waals surface area contributed by atoms with Gasteiger partial charge in [0.25, 0.3) is 0 Å². The van der Waals surface area contributed by atoms with E-state index >= 15 is 0 Å². The van der Waals surface area contributed by atoms with Crippen LogP contribution in [0.25, 0.3) is 0 Å². The van der Waals surface area contributed by atoms with Crippen molar-refractivity contribution in [1.29, 1.82) is 0 Å². The van der Waals surface area contributed by atoms with E-state index in [1.54, 1.807) is 28.6 Å². The third-order valence-corrected chi connectivity index (χ3v) is 5.85. The Morgan fingerprint density at radius 2 is 1.85 bits per heavy atom. The average molecular weight is 297 g/mol. The second-order valence-electron chi connectivity index (χ2n) is 5.40. The van der Waals surface area contributed by atoms with Gasteiger partial charge in [0.2, 0.25) is 10.0 Å². The molecule has 112 valence electrons. The van der Waals surface area contributed by atoms with Crippen molar-refractivity contribution in [3.63, 3.8) is 0 Å². The summed E-state index contributed by atoms with van der Waals surface area (Å²) in [7, 11) is -3.25. The van der Waals surface area contributed by atoms with Crippen molar-refractivity contribution in [1.82, 2.24) is 4.31 Å². The molecule has 0 amide bonds. The number of rotatable bonds is 5. The summed E-state index contributed by atoms with van der Waals surface area (Å²) in [5.41, 5.74) is 1.58. The molecule has 1 aliphatic heterocycles. The Balaban J connectivity index is 2.12. The van der Waals surface area contributed by atoms with Gasteiger partial charge >= 0.3 is 0 Å². The fourth-order valence-corrected chi connectivity index (χ4v) is 4.68. The minimum Gasteiger partial charge on any atom is -0.392 e. The van der Waals surface area contributed by atoms with Gasteiger partial charge in [-0.05, 0) is 30.4 Å². The summed E-state index contributed by atoms with van der Waals surface area (Å²) in [6.07, 6.45) is 3.93. The molecule has 1 N–H and O–H groups in total. The molecule has 0 aliphatic carbocycles. The van der Waals surface area contributed by atoms with E-state index in [-0.39, 0.29) is 18.4 Å². The number of aliphatic hydroxyl groups is 1. The molecule has 4 nitrogen and oxygen atoms in total. The van der Waals surface area contributed by atoms with Crippen LogP contribution in [0.15, 0.2) is 24.3 Å². The van der Waals surface area contributed by atoms with E-state index in [9.17, 15) is 8.42 Å². The zero-order valence-electron chi connectivity index (χ0n) is 12.0. The van der Waals surface area contributed by atoms with E-state index < -0.39 is 10.0 Å². The Labute approximate surface area is 121 Å². The number of hydrogen-bond donors (Lipinski definition) is 1. The average Bonchev–Trinajstić information content (AvgIpc) is 2.47. The van der Waals surface area contributed by atoms with Gasteiger partial charge in [-0.15, -0.1) is 0 Å². The van der Waals surface area contributed by atoms with Gasteiger partial charge in [-0.2, -0.15) is 4.31 Å². The third kappa shape index (κ3) is 3.59. The molecule has 1 unspecified atom stereocenters. The van der Waals surface area contributed by atoms with Crippen molar-refractivity contribution < 1.29 is 13.5 Å². The molecule has 0 aromatic heterocycles. The first kappa shape index (κ1) is 15.5. The second kappa shape index (κ2) is 6.70. The summed E-state index contributed by atoms with van der Waals surface area (Å²) in [5.74, 6) is 0.0508. The van der Waals surface area contributed by atoms with E-state index in [1.165, 1.54) is 0 Å². The molecule has 0 radical (unpaired) electrons. The van der Waals surface area contributed by atoms with Crippen molar-refractivity contribution in [2.45, 2.75) is 51.0 Å². The number of piperidine rings is 1. The molecule has 5 heteroatoms. The normalized spacial score (nSPS) is 21.0. The molecule has 1 fully saturated rings. The molecular formula is C15H23NO3S. The topological polar surface area (TPSA) is 57.6 Å². The number of sulfonamides is 1. The van der Waals surface area contributed by atoms with Gasteiger partial charge in [0.15, 0.2) is 0 Å². The summed E-state index contributed by atoms with van der Waals surface area (Å²) in [5, 5.41) is 9.01. The second-order valence-corrected chi connectivity index (χ2v) is 7.32. The maximum Gasteiger partial charge on any atom is 0.218 e. The van der Waals surface area contributed by atoms with Crippen LogP contribution in [-0.4, -0.2) is 30.4 Å². The van der Waals surface area contributed by atoms with Crippen LogP contribution in [0.5, 0.6) is 0 Å². The van der Waals surface area contributed by atoms with Gasteiger partial charge in [0, 0.05) is 12.6 Å². The van der Waals surface area contributed by atoms with E-state index in [1.807, 2.05) is 0 Å². The lowest BCUT2D eigenvalue weighted by atomic mass is 10.0. The Kier molecular flexibility index (Phi) is 5.18. The zero-order valence-corrected chi connectivity index (χ0v) is 12.8. The standard InChI is InChI=1S/C15H23NO3S/c1-2-15-5-3-4-10-16(15)20(18,19)12-14-8-6-13(11-17)7-9-14/h6-9,15,17H,2-5,10-12H2,1H3. The Hall–Kier alpha value is -0.910. The number of aliphatic hydroxyl groups excluding tert-OH is 1. The molecule has 1 aromatic rings. The highest BCUT2D eigenvalue weighted by molar-refractivity contribution is 7.88. The quantitative estimate of drug-likeness (QED) is 0.907. The van der Waals surface area contributed by atoms with Gasteiger partial charge in [0.05, 0.1) is 12.4 Å². The molecule has 1 aliphatic rings. The zero-order chi connectivity index (χ0) is 14.6. The largest absolute Gasteiger partial charge is 0.392 e. The summed E-state index contributed by atoms with van der Waals surface area (Å²) >= 11 is 0. The van der Waals surface area contributed by atoms with Gasteiger partial charge in [-0.1, -0.05) is 37.6 Å². The lowest BCUT2D eigenvalue weighted by Crippen LogP contribution is -2.43. The molecule has 1 aromatic carbocycles. The number of hydrogen-bond acceptors (Lipinski definition) is 3. The summed E-state index contributed by atoms with van der Waals surface area (Å²) in [6.45, 7) is 2.68. The van der Waals surface area contributed by atoms with E-state index in [0.717, 1.165) is 36.8 Å². The first-order valence-corrected chi connectivity index (χ1v) is 8.86. The van der Waals surface area contributed by atoms with Gasteiger partial charge in [0.1, 0.15) is 0 Å². The lowest BCUT2D eigenvalue weighted by molar-refractivity contribution is 0.246. The Morgan fingerprint density at radius 1 is 1.20 bits per heavy atom. The predicted octanol–water partition coefficient (Wildman–Crippen LogP) is 2.27. The Bertz CT molecular complexity index is 525. The smallest absolute Gasteiger partial charge is 0.218 e. The summed E-state index contributed by atoms with van der Waals surface area (Å²) in [6, 6.07) is 7.28. The fraction of sp³-hybridized carbons (Fsp3) is 0.600. The van der Waals surface area contributed by atoms with Gasteiger partial charge in [-0.3, -0.25) is 0 Å². The van der Waals surface area contributed by atoms with Crippen LogP contribution in [-0.2, 0) is 22.4 Å². The number of nitrogens with zero attached hydrogens (tertiary/aromatic N) is 1. The molecule has 0 bridgehead atoms. The van der Waals surface area contributed by atoms with Crippen LogP contribution in [0, 0.1) is 0 Å². The molecule has 20 heavy (non-hydrogen) atoms. The molecule has 1 atom stereocenters. The molecule has 0 saturated carbocycles. The minimum atomic E-state index is -3.25. The highest BCUT2D eigenvalue weighted by atomic mass is 32.2. The first-order valence-electron chi connectivity index (χ1n) is 7.25. The van der Waals surface area contributed by atoms with Crippen molar-refractivity contribution in [3.8, 4) is 0 Å². The van der Waals surface area contributed by atoms with Crippen LogP contribution in [0.4, 0.5) is 0 Å². The van der Waals surface area contributed by atoms with E-state index in [2.05, 4.69) is 6.92 Å². The minimum absolute atomic E-state index is 0.0168. The fourth-order valence-electron chi connectivity index (χ4n) is 2.78. The monoisotopic (exact) mass is 297 g/mol. The highest BCUT2D eigenvalue weighted by Crippen LogP contribution is 2.24. The first-order chi connectivity index (χ1) is 9.56. The Morgan fingerprint density at radius 3 is 2.45 bits per heavy atom. The van der Waals surface area contributed by atoms with Gasteiger partial charge in [-0.25, -0.2) is 8.42 Å². The molecule has 1 saturated heterocycles. The van der Waals surface area contributed by atoms with E-state index in [4.69, 9.17) is 5.11 Å². The predicted molar refractivity (Wildman–Crippen MR) is 79.6 cm³/mol. The van der Waals surface area contributed by atoms with E-state index in [0.29, 0.717) is 6.54 Å². The molecular weight excluding hydrogens is 274 g/mol. The number of benzene rings is 1. The summed E-state index contributed by atoms with van der Waals surface area (Å²) in [4.78, 5) is 0.